The normalized spacial score (nSPS) is 11.9. The molecular formula is C18H18N4O4. The minimum Gasteiger partial charge on any atom is -0.461 e. The number of aliphatic hydroxyl groups is 1. The van der Waals surface area contributed by atoms with Crippen molar-refractivity contribution in [1.29, 1.82) is 0 Å². The number of nitrogens with zero attached hydrogens (tertiary/aromatic N) is 3. The molecule has 1 aromatic heterocycles. The van der Waals surface area contributed by atoms with Crippen molar-refractivity contribution in [3.8, 4) is 0 Å². The average Bonchev–Trinajstić information content (AvgIpc) is 3.11. The highest BCUT2D eigenvalue weighted by Gasteiger charge is 2.19. The molecule has 0 aliphatic heterocycles. The second kappa shape index (κ2) is 8.21. The lowest BCUT2D eigenvalue weighted by atomic mass is 10.2. The molecule has 26 heavy (non-hydrogen) atoms. The molecule has 0 bridgehead atoms. The molecule has 2 aromatic carbocycles. The average molecular weight is 354 g/mol. The molecule has 8 heteroatoms. The number of fused-ring (bicyclic) bond motifs is 1. The zero-order valence-corrected chi connectivity index (χ0v) is 13.9. The summed E-state index contributed by atoms with van der Waals surface area (Å²) in [5, 5.41) is 19.7. The number of carbonyl (C=O) groups is 2. The van der Waals surface area contributed by atoms with Gasteiger partial charge in [0.05, 0.1) is 24.6 Å². The molecule has 1 atom stereocenters. The Morgan fingerprint density at radius 2 is 1.85 bits per heavy atom. The van der Waals surface area contributed by atoms with Crippen LogP contribution in [0, 0.1) is 0 Å². The summed E-state index contributed by atoms with van der Waals surface area (Å²) in [6.07, 6.45) is -0.151. The number of amides is 1. The number of aromatic nitrogens is 3. The second-order valence-corrected chi connectivity index (χ2v) is 5.67. The number of benzene rings is 2. The van der Waals surface area contributed by atoms with Gasteiger partial charge in [-0.3, -0.25) is 4.79 Å². The maximum Gasteiger partial charge on any atom is 0.344 e. The molecule has 134 valence electrons. The molecule has 0 radical (unpaired) electrons. The van der Waals surface area contributed by atoms with Crippen molar-refractivity contribution in [2.45, 2.75) is 19.1 Å². The summed E-state index contributed by atoms with van der Waals surface area (Å²) in [4.78, 5) is 24.3. The van der Waals surface area contributed by atoms with Gasteiger partial charge in [0.1, 0.15) is 12.1 Å². The van der Waals surface area contributed by atoms with Gasteiger partial charge in [0.25, 0.3) is 0 Å². The van der Waals surface area contributed by atoms with Crippen molar-refractivity contribution in [2.75, 3.05) is 6.61 Å². The van der Waals surface area contributed by atoms with Crippen molar-refractivity contribution in [3.05, 3.63) is 60.2 Å². The quantitative estimate of drug-likeness (QED) is 0.650. The van der Waals surface area contributed by atoms with Gasteiger partial charge in [0.15, 0.2) is 0 Å². The first-order valence-corrected chi connectivity index (χ1v) is 8.09. The number of hydrogen-bond donors (Lipinski definition) is 2. The van der Waals surface area contributed by atoms with Crippen LogP contribution in [0.25, 0.3) is 11.0 Å². The third-order valence-electron chi connectivity index (χ3n) is 3.75. The predicted octanol–water partition coefficient (Wildman–Crippen LogP) is 1.48. The van der Waals surface area contributed by atoms with E-state index in [0.717, 1.165) is 10.2 Å². The first-order chi connectivity index (χ1) is 12.7. The Bertz CT molecular complexity index is 894. The van der Waals surface area contributed by atoms with E-state index in [2.05, 4.69) is 15.6 Å². The fourth-order valence-electron chi connectivity index (χ4n) is 2.41. The van der Waals surface area contributed by atoms with Crippen LogP contribution in [-0.2, 0) is 16.1 Å². The van der Waals surface area contributed by atoms with Crippen LogP contribution in [0.1, 0.15) is 12.0 Å². The number of ether oxygens (including phenoxy) is 1. The molecule has 0 saturated carbocycles. The van der Waals surface area contributed by atoms with Gasteiger partial charge in [-0.2, -0.15) is 4.68 Å². The molecule has 8 nitrogen and oxygen atoms in total. The molecular weight excluding hydrogens is 336 g/mol. The highest BCUT2D eigenvalue weighted by atomic mass is 16.5. The van der Waals surface area contributed by atoms with E-state index in [1.807, 2.05) is 30.3 Å². The van der Waals surface area contributed by atoms with E-state index in [0.29, 0.717) is 11.0 Å². The molecule has 0 spiro atoms. The zero-order valence-electron chi connectivity index (χ0n) is 13.9. The fourth-order valence-corrected chi connectivity index (χ4v) is 2.41. The van der Waals surface area contributed by atoms with E-state index in [1.54, 1.807) is 24.3 Å². The van der Waals surface area contributed by atoms with Crippen LogP contribution >= 0.6 is 0 Å². The Morgan fingerprint density at radius 1 is 1.12 bits per heavy atom. The van der Waals surface area contributed by atoms with Crippen molar-refractivity contribution >= 4 is 23.0 Å². The zero-order chi connectivity index (χ0) is 18.4. The summed E-state index contributed by atoms with van der Waals surface area (Å²) in [7, 11) is 0. The Labute approximate surface area is 149 Å². The number of carbonyl (C=O) groups excluding carboxylic acids is 2. The van der Waals surface area contributed by atoms with E-state index in [4.69, 9.17) is 4.74 Å². The van der Waals surface area contributed by atoms with E-state index >= 15 is 0 Å². The molecule has 1 amide bonds. The number of esters is 1. The van der Waals surface area contributed by atoms with E-state index in [-0.39, 0.29) is 13.0 Å². The largest absolute Gasteiger partial charge is 0.461 e. The summed E-state index contributed by atoms with van der Waals surface area (Å²) in [5.41, 5.74) is 1.97. The Hall–Kier alpha value is -3.26. The maximum absolute atomic E-state index is 12.3. The summed E-state index contributed by atoms with van der Waals surface area (Å²) >= 11 is 0. The van der Waals surface area contributed by atoms with Gasteiger partial charge >= 0.3 is 12.0 Å². The van der Waals surface area contributed by atoms with Gasteiger partial charge in [-0.25, -0.2) is 4.79 Å². The molecule has 0 aliphatic rings. The smallest absolute Gasteiger partial charge is 0.344 e. The number of rotatable bonds is 6. The minimum atomic E-state index is -0.784. The third-order valence-corrected chi connectivity index (χ3v) is 3.75. The third kappa shape index (κ3) is 4.22. The highest BCUT2D eigenvalue weighted by Crippen LogP contribution is 2.09. The van der Waals surface area contributed by atoms with Crippen LogP contribution < -0.4 is 5.32 Å². The van der Waals surface area contributed by atoms with Crippen molar-refractivity contribution < 1.29 is 19.4 Å². The van der Waals surface area contributed by atoms with Gasteiger partial charge in [-0.1, -0.05) is 47.7 Å². The number of nitrogens with one attached hydrogen (secondary N) is 1. The van der Waals surface area contributed by atoms with Crippen LogP contribution in [0.4, 0.5) is 4.79 Å². The Morgan fingerprint density at radius 3 is 2.62 bits per heavy atom. The van der Waals surface area contributed by atoms with Gasteiger partial charge in [-0.15, -0.1) is 5.10 Å². The summed E-state index contributed by atoms with van der Waals surface area (Å²) < 4.78 is 6.26. The molecule has 3 rings (SSSR count). The molecule has 0 aliphatic carbocycles. The topological polar surface area (TPSA) is 106 Å². The van der Waals surface area contributed by atoms with E-state index < -0.39 is 24.6 Å². The lowest BCUT2D eigenvalue weighted by Gasteiger charge is -2.15. The predicted molar refractivity (Wildman–Crippen MR) is 93.2 cm³/mol. The molecule has 1 unspecified atom stereocenters. The molecule has 2 N–H and O–H groups in total. The SMILES string of the molecule is O=C(CC(CO)NC(=O)n1nnc2ccccc21)OCc1ccccc1. The van der Waals surface area contributed by atoms with Crippen molar-refractivity contribution in [1.82, 2.24) is 20.3 Å². The van der Waals surface area contributed by atoms with Gasteiger partial charge in [0.2, 0.25) is 0 Å². The molecule has 0 saturated heterocycles. The van der Waals surface area contributed by atoms with Crippen LogP contribution in [0.5, 0.6) is 0 Å². The highest BCUT2D eigenvalue weighted by molar-refractivity contribution is 5.88. The lowest BCUT2D eigenvalue weighted by molar-refractivity contribution is -0.145. The number of aliphatic hydroxyl groups excluding tert-OH is 1. The standard InChI is InChI=1S/C18H18N4O4/c23-11-14(10-17(24)26-12-13-6-2-1-3-7-13)19-18(25)22-16-9-5-4-8-15(16)20-21-22/h1-9,14,23H,10-12H2,(H,19,25). The van der Waals surface area contributed by atoms with Crippen LogP contribution in [0.2, 0.25) is 0 Å². The fraction of sp³-hybridized carbons (Fsp3) is 0.222. The molecule has 1 heterocycles. The Balaban J connectivity index is 1.57. The molecule has 0 fully saturated rings. The monoisotopic (exact) mass is 354 g/mol. The lowest BCUT2D eigenvalue weighted by Crippen LogP contribution is -2.42. The van der Waals surface area contributed by atoms with Crippen molar-refractivity contribution in [2.24, 2.45) is 0 Å². The summed E-state index contributed by atoms with van der Waals surface area (Å²) in [5.74, 6) is -0.517. The van der Waals surface area contributed by atoms with Gasteiger partial charge in [-0.05, 0) is 17.7 Å². The summed E-state index contributed by atoms with van der Waals surface area (Å²) in [6.45, 7) is -0.266. The minimum absolute atomic E-state index is 0.138. The van der Waals surface area contributed by atoms with E-state index in [1.165, 1.54) is 0 Å². The van der Waals surface area contributed by atoms with Crippen LogP contribution in [-0.4, -0.2) is 44.7 Å². The number of hydrogen-bond acceptors (Lipinski definition) is 6. The van der Waals surface area contributed by atoms with Crippen LogP contribution in [0.3, 0.4) is 0 Å². The molecule has 3 aromatic rings. The first-order valence-electron chi connectivity index (χ1n) is 8.09. The number of para-hydroxylation sites is 1. The second-order valence-electron chi connectivity index (χ2n) is 5.67. The maximum atomic E-state index is 12.3. The van der Waals surface area contributed by atoms with E-state index in [9.17, 15) is 14.7 Å². The van der Waals surface area contributed by atoms with Crippen LogP contribution in [0.15, 0.2) is 54.6 Å². The van der Waals surface area contributed by atoms with Gasteiger partial charge < -0.3 is 15.2 Å². The first kappa shape index (κ1) is 17.6. The summed E-state index contributed by atoms with van der Waals surface area (Å²) in [6, 6.07) is 14.9. The Kier molecular flexibility index (Phi) is 5.55. The van der Waals surface area contributed by atoms with Crippen molar-refractivity contribution in [3.63, 3.8) is 0 Å². The van der Waals surface area contributed by atoms with Gasteiger partial charge in [0, 0.05) is 0 Å².